The topological polar surface area (TPSA) is 50.9 Å². The molecule has 0 aliphatic heterocycles. The number of pyridine rings is 1. The van der Waals surface area contributed by atoms with Crippen LogP contribution in [0.3, 0.4) is 0 Å². The van der Waals surface area contributed by atoms with Crippen molar-refractivity contribution in [1.29, 1.82) is 0 Å². The minimum atomic E-state index is 0.230. The van der Waals surface area contributed by atoms with Crippen LogP contribution in [0.25, 0.3) is 0 Å². The maximum Gasteiger partial charge on any atom is 0.129 e. The molecule has 1 aliphatic rings. The monoisotopic (exact) mass is 205 g/mol. The van der Waals surface area contributed by atoms with Crippen molar-refractivity contribution in [3.05, 3.63) is 17.8 Å². The van der Waals surface area contributed by atoms with Crippen molar-refractivity contribution in [2.24, 2.45) is 0 Å². The molecule has 2 rings (SSSR count). The van der Waals surface area contributed by atoms with Crippen LogP contribution in [-0.4, -0.2) is 10.5 Å². The van der Waals surface area contributed by atoms with Gasteiger partial charge in [-0.25, -0.2) is 4.98 Å². The molecule has 0 unspecified atom stereocenters. The first-order chi connectivity index (χ1) is 7.09. The maximum atomic E-state index is 5.68. The SMILES string of the molecule is Cc1cc(N)cnc1NC1(C)CCCC1. The third-order valence-electron chi connectivity index (χ3n) is 3.23. The van der Waals surface area contributed by atoms with Crippen LogP contribution in [0.5, 0.6) is 0 Å². The third-order valence-corrected chi connectivity index (χ3v) is 3.23. The van der Waals surface area contributed by atoms with Crippen LogP contribution in [0, 0.1) is 6.92 Å². The summed E-state index contributed by atoms with van der Waals surface area (Å²) in [7, 11) is 0. The summed E-state index contributed by atoms with van der Waals surface area (Å²) in [5, 5.41) is 3.55. The number of nitrogens with two attached hydrogens (primary N) is 1. The Labute approximate surface area is 91.1 Å². The fraction of sp³-hybridized carbons (Fsp3) is 0.583. The summed E-state index contributed by atoms with van der Waals surface area (Å²) in [6.45, 7) is 4.32. The van der Waals surface area contributed by atoms with Gasteiger partial charge < -0.3 is 11.1 Å². The van der Waals surface area contributed by atoms with Crippen LogP contribution in [0.15, 0.2) is 12.3 Å². The summed E-state index contributed by atoms with van der Waals surface area (Å²) in [6.07, 6.45) is 6.82. The molecule has 0 saturated heterocycles. The van der Waals surface area contributed by atoms with Crippen LogP contribution in [0.4, 0.5) is 11.5 Å². The van der Waals surface area contributed by atoms with Crippen LogP contribution in [-0.2, 0) is 0 Å². The van der Waals surface area contributed by atoms with Gasteiger partial charge in [-0.1, -0.05) is 12.8 Å². The van der Waals surface area contributed by atoms with Crippen LogP contribution in [0.1, 0.15) is 38.2 Å². The number of aryl methyl sites for hydroxylation is 1. The normalized spacial score (nSPS) is 19.1. The predicted molar refractivity (Wildman–Crippen MR) is 63.9 cm³/mol. The van der Waals surface area contributed by atoms with Crippen molar-refractivity contribution < 1.29 is 0 Å². The minimum Gasteiger partial charge on any atom is -0.397 e. The molecule has 3 nitrogen and oxygen atoms in total. The molecule has 1 heterocycles. The fourth-order valence-electron chi connectivity index (χ4n) is 2.29. The second-order valence-corrected chi connectivity index (χ2v) is 4.83. The van der Waals surface area contributed by atoms with E-state index in [1.54, 1.807) is 6.20 Å². The Morgan fingerprint density at radius 2 is 2.07 bits per heavy atom. The molecule has 1 aromatic rings. The quantitative estimate of drug-likeness (QED) is 0.780. The van der Waals surface area contributed by atoms with E-state index in [1.165, 1.54) is 25.7 Å². The zero-order chi connectivity index (χ0) is 10.9. The number of hydrogen-bond acceptors (Lipinski definition) is 3. The smallest absolute Gasteiger partial charge is 0.129 e. The first-order valence-corrected chi connectivity index (χ1v) is 5.59. The van der Waals surface area contributed by atoms with E-state index < -0.39 is 0 Å². The highest BCUT2D eigenvalue weighted by Crippen LogP contribution is 2.32. The summed E-state index contributed by atoms with van der Waals surface area (Å²) < 4.78 is 0. The summed E-state index contributed by atoms with van der Waals surface area (Å²) in [5.74, 6) is 0.980. The van der Waals surface area contributed by atoms with Crippen LogP contribution >= 0.6 is 0 Å². The molecule has 15 heavy (non-hydrogen) atoms. The van der Waals surface area contributed by atoms with E-state index in [0.29, 0.717) is 0 Å². The Morgan fingerprint density at radius 1 is 1.40 bits per heavy atom. The van der Waals surface area contributed by atoms with Crippen molar-refractivity contribution >= 4 is 11.5 Å². The lowest BCUT2D eigenvalue weighted by atomic mass is 10.0. The summed E-state index contributed by atoms with van der Waals surface area (Å²) in [6, 6.07) is 1.97. The van der Waals surface area contributed by atoms with Gasteiger partial charge in [0.15, 0.2) is 0 Å². The molecule has 3 N–H and O–H groups in total. The number of aromatic nitrogens is 1. The lowest BCUT2D eigenvalue weighted by molar-refractivity contribution is 0.530. The number of nitrogens with zero attached hydrogens (tertiary/aromatic N) is 1. The van der Waals surface area contributed by atoms with Gasteiger partial charge >= 0.3 is 0 Å². The molecule has 0 spiro atoms. The second kappa shape index (κ2) is 3.72. The van der Waals surface area contributed by atoms with E-state index in [-0.39, 0.29) is 5.54 Å². The molecule has 1 saturated carbocycles. The number of anilines is 2. The largest absolute Gasteiger partial charge is 0.397 e. The lowest BCUT2D eigenvalue weighted by Gasteiger charge is -2.26. The highest BCUT2D eigenvalue weighted by atomic mass is 15.1. The van der Waals surface area contributed by atoms with Gasteiger partial charge in [0, 0.05) is 5.54 Å². The van der Waals surface area contributed by atoms with Gasteiger partial charge in [0.2, 0.25) is 0 Å². The Balaban J connectivity index is 2.16. The first kappa shape index (κ1) is 10.3. The maximum absolute atomic E-state index is 5.68. The first-order valence-electron chi connectivity index (χ1n) is 5.59. The Hall–Kier alpha value is -1.25. The molecule has 1 aliphatic carbocycles. The summed E-state index contributed by atoms with van der Waals surface area (Å²) in [5.41, 5.74) is 7.77. The molecule has 0 amide bonds. The third kappa shape index (κ3) is 2.22. The summed E-state index contributed by atoms with van der Waals surface area (Å²) >= 11 is 0. The van der Waals surface area contributed by atoms with E-state index in [4.69, 9.17) is 5.73 Å². The van der Waals surface area contributed by atoms with E-state index in [9.17, 15) is 0 Å². The van der Waals surface area contributed by atoms with Gasteiger partial charge in [-0.15, -0.1) is 0 Å². The van der Waals surface area contributed by atoms with Gasteiger partial charge in [0.1, 0.15) is 5.82 Å². The molecule has 3 heteroatoms. The average Bonchev–Trinajstić information content (AvgIpc) is 2.58. The van der Waals surface area contributed by atoms with E-state index in [0.717, 1.165) is 17.1 Å². The van der Waals surface area contributed by atoms with Crippen molar-refractivity contribution in [1.82, 2.24) is 4.98 Å². The van der Waals surface area contributed by atoms with Gasteiger partial charge in [0.25, 0.3) is 0 Å². The zero-order valence-corrected chi connectivity index (χ0v) is 9.51. The number of rotatable bonds is 2. The van der Waals surface area contributed by atoms with Crippen molar-refractivity contribution in [3.8, 4) is 0 Å². The number of nitrogens with one attached hydrogen (secondary N) is 1. The fourth-order valence-corrected chi connectivity index (χ4v) is 2.29. The molecule has 0 aromatic carbocycles. The molecular weight excluding hydrogens is 186 g/mol. The summed E-state index contributed by atoms with van der Waals surface area (Å²) in [4.78, 5) is 4.35. The Kier molecular flexibility index (Phi) is 2.55. The Bertz CT molecular complexity index is 354. The average molecular weight is 205 g/mol. The minimum absolute atomic E-state index is 0.230. The van der Waals surface area contributed by atoms with E-state index >= 15 is 0 Å². The van der Waals surface area contributed by atoms with Crippen molar-refractivity contribution in [2.45, 2.75) is 45.1 Å². The molecule has 1 fully saturated rings. The van der Waals surface area contributed by atoms with Crippen molar-refractivity contribution in [3.63, 3.8) is 0 Å². The van der Waals surface area contributed by atoms with Gasteiger partial charge in [-0.2, -0.15) is 0 Å². The van der Waals surface area contributed by atoms with Crippen LogP contribution < -0.4 is 11.1 Å². The number of nitrogen functional groups attached to an aromatic ring is 1. The highest BCUT2D eigenvalue weighted by Gasteiger charge is 2.28. The Morgan fingerprint density at radius 3 is 2.67 bits per heavy atom. The number of hydrogen-bond donors (Lipinski definition) is 2. The second-order valence-electron chi connectivity index (χ2n) is 4.83. The van der Waals surface area contributed by atoms with Gasteiger partial charge in [-0.05, 0) is 38.3 Å². The molecule has 0 bridgehead atoms. The molecule has 0 atom stereocenters. The van der Waals surface area contributed by atoms with Crippen molar-refractivity contribution in [2.75, 3.05) is 11.1 Å². The van der Waals surface area contributed by atoms with E-state index in [2.05, 4.69) is 17.2 Å². The highest BCUT2D eigenvalue weighted by molar-refractivity contribution is 5.52. The zero-order valence-electron chi connectivity index (χ0n) is 9.51. The molecule has 1 aromatic heterocycles. The molecule has 82 valence electrons. The van der Waals surface area contributed by atoms with Crippen LogP contribution in [0.2, 0.25) is 0 Å². The van der Waals surface area contributed by atoms with E-state index in [1.807, 2.05) is 13.0 Å². The predicted octanol–water partition coefficient (Wildman–Crippen LogP) is 2.72. The lowest BCUT2D eigenvalue weighted by Crippen LogP contribution is -2.31. The molecular formula is C12H19N3. The standard InChI is InChI=1S/C12H19N3/c1-9-7-10(13)8-14-11(9)15-12(2)5-3-4-6-12/h7-8H,3-6,13H2,1-2H3,(H,14,15). The van der Waals surface area contributed by atoms with Gasteiger partial charge in [0.05, 0.1) is 11.9 Å². The van der Waals surface area contributed by atoms with Gasteiger partial charge in [-0.3, -0.25) is 0 Å². The molecule has 0 radical (unpaired) electrons.